The fourth-order valence-electron chi connectivity index (χ4n) is 2.29. The van der Waals surface area contributed by atoms with E-state index in [2.05, 4.69) is 0 Å². The van der Waals surface area contributed by atoms with Gasteiger partial charge in [-0.1, -0.05) is 12.1 Å². The quantitative estimate of drug-likeness (QED) is 0.889. The summed E-state index contributed by atoms with van der Waals surface area (Å²) < 4.78 is 23.0. The molecule has 1 unspecified atom stereocenters. The molecule has 0 aliphatic carbocycles. The van der Waals surface area contributed by atoms with Gasteiger partial charge in [-0.3, -0.25) is 0 Å². The van der Waals surface area contributed by atoms with Crippen LogP contribution in [0.4, 0.5) is 4.79 Å². The standard InChI is InChI=1S/C12H15NO4S/c1-18(16,17)10-5-2-4-9(8-10)11-6-3-7-13(11)12(14)15/h2,4-5,8,11H,3,6-7H2,1H3,(H,14,15). The second-order valence-corrected chi connectivity index (χ2v) is 6.49. The van der Waals surface area contributed by atoms with Crippen molar-refractivity contribution in [1.29, 1.82) is 0 Å². The number of carboxylic acid groups (broad SMARTS) is 1. The number of carbonyl (C=O) groups is 1. The zero-order valence-corrected chi connectivity index (χ0v) is 10.9. The summed E-state index contributed by atoms with van der Waals surface area (Å²) in [5.74, 6) is 0. The molecule has 1 N–H and O–H groups in total. The molecule has 0 aromatic heterocycles. The average Bonchev–Trinajstić information content (AvgIpc) is 2.77. The molecule has 1 aliphatic rings. The summed E-state index contributed by atoms with van der Waals surface area (Å²) >= 11 is 0. The molecule has 1 saturated heterocycles. The molecule has 0 bridgehead atoms. The third-order valence-corrected chi connectivity index (χ3v) is 4.28. The van der Waals surface area contributed by atoms with E-state index in [1.165, 1.54) is 11.0 Å². The molecule has 6 heteroatoms. The maximum absolute atomic E-state index is 11.5. The van der Waals surface area contributed by atoms with Crippen LogP contribution in [0.5, 0.6) is 0 Å². The van der Waals surface area contributed by atoms with E-state index in [1.54, 1.807) is 18.2 Å². The van der Waals surface area contributed by atoms with E-state index in [1.807, 2.05) is 0 Å². The maximum atomic E-state index is 11.5. The molecule has 98 valence electrons. The Bertz CT molecular complexity index is 567. The normalized spacial score (nSPS) is 20.1. The monoisotopic (exact) mass is 269 g/mol. The Labute approximate surface area is 106 Å². The van der Waals surface area contributed by atoms with Crippen molar-refractivity contribution in [1.82, 2.24) is 4.90 Å². The van der Waals surface area contributed by atoms with E-state index >= 15 is 0 Å². The van der Waals surface area contributed by atoms with Crippen LogP contribution in [-0.2, 0) is 9.84 Å². The fraction of sp³-hybridized carbons (Fsp3) is 0.417. The van der Waals surface area contributed by atoms with Crippen molar-refractivity contribution in [2.75, 3.05) is 12.8 Å². The van der Waals surface area contributed by atoms with Crippen molar-refractivity contribution in [3.63, 3.8) is 0 Å². The largest absolute Gasteiger partial charge is 0.465 e. The number of nitrogens with zero attached hydrogens (tertiary/aromatic N) is 1. The fourth-order valence-corrected chi connectivity index (χ4v) is 2.97. The van der Waals surface area contributed by atoms with Gasteiger partial charge in [0.25, 0.3) is 0 Å². The van der Waals surface area contributed by atoms with Crippen LogP contribution >= 0.6 is 0 Å². The van der Waals surface area contributed by atoms with Crippen LogP contribution < -0.4 is 0 Å². The molecule has 0 saturated carbocycles. The van der Waals surface area contributed by atoms with E-state index in [9.17, 15) is 13.2 Å². The number of hydrogen-bond acceptors (Lipinski definition) is 3. The van der Waals surface area contributed by atoms with Crippen LogP contribution in [0.3, 0.4) is 0 Å². The van der Waals surface area contributed by atoms with Gasteiger partial charge in [-0.15, -0.1) is 0 Å². The highest BCUT2D eigenvalue weighted by Crippen LogP contribution is 2.32. The highest BCUT2D eigenvalue weighted by Gasteiger charge is 2.30. The first-order valence-electron chi connectivity index (χ1n) is 5.69. The summed E-state index contributed by atoms with van der Waals surface area (Å²) in [6.45, 7) is 0.503. The first-order chi connectivity index (χ1) is 8.39. The molecule has 1 atom stereocenters. The lowest BCUT2D eigenvalue weighted by Gasteiger charge is -2.22. The van der Waals surface area contributed by atoms with Gasteiger partial charge in [-0.2, -0.15) is 0 Å². The minimum Gasteiger partial charge on any atom is -0.465 e. The molecule has 0 spiro atoms. The van der Waals surface area contributed by atoms with Crippen molar-refractivity contribution in [2.24, 2.45) is 0 Å². The Kier molecular flexibility index (Phi) is 3.30. The summed E-state index contributed by atoms with van der Waals surface area (Å²) in [4.78, 5) is 12.7. The lowest BCUT2D eigenvalue weighted by molar-refractivity contribution is 0.140. The van der Waals surface area contributed by atoms with E-state index < -0.39 is 15.9 Å². The lowest BCUT2D eigenvalue weighted by Crippen LogP contribution is -2.28. The van der Waals surface area contributed by atoms with Crippen molar-refractivity contribution < 1.29 is 18.3 Å². The van der Waals surface area contributed by atoms with Gasteiger partial charge >= 0.3 is 6.09 Å². The van der Waals surface area contributed by atoms with Gasteiger partial charge in [0, 0.05) is 12.8 Å². The number of sulfone groups is 1. The van der Waals surface area contributed by atoms with Gasteiger partial charge in [-0.05, 0) is 30.5 Å². The van der Waals surface area contributed by atoms with E-state index in [0.29, 0.717) is 6.54 Å². The maximum Gasteiger partial charge on any atom is 0.407 e. The molecule has 1 aromatic rings. The first kappa shape index (κ1) is 12.9. The van der Waals surface area contributed by atoms with Crippen LogP contribution in [0.25, 0.3) is 0 Å². The van der Waals surface area contributed by atoms with Crippen LogP contribution in [0, 0.1) is 0 Å². The molecular weight excluding hydrogens is 254 g/mol. The highest BCUT2D eigenvalue weighted by molar-refractivity contribution is 7.90. The molecule has 0 radical (unpaired) electrons. The second kappa shape index (κ2) is 4.61. The number of amides is 1. The molecule has 1 fully saturated rings. The van der Waals surface area contributed by atoms with Crippen molar-refractivity contribution in [3.05, 3.63) is 29.8 Å². The third kappa shape index (κ3) is 2.48. The number of hydrogen-bond donors (Lipinski definition) is 1. The Morgan fingerprint density at radius 3 is 2.78 bits per heavy atom. The van der Waals surface area contributed by atoms with Gasteiger partial charge in [0.05, 0.1) is 10.9 Å². The Balaban J connectivity index is 2.37. The van der Waals surface area contributed by atoms with E-state index in [0.717, 1.165) is 24.7 Å². The summed E-state index contributed by atoms with van der Waals surface area (Å²) in [7, 11) is -3.26. The minimum absolute atomic E-state index is 0.232. The van der Waals surface area contributed by atoms with Crippen LogP contribution in [-0.4, -0.2) is 37.3 Å². The Morgan fingerprint density at radius 1 is 1.44 bits per heavy atom. The lowest BCUT2D eigenvalue weighted by atomic mass is 10.1. The molecule has 1 amide bonds. The summed E-state index contributed by atoms with van der Waals surface area (Å²) in [6.07, 6.45) is 1.73. The van der Waals surface area contributed by atoms with Gasteiger partial charge in [0.1, 0.15) is 0 Å². The zero-order chi connectivity index (χ0) is 13.3. The first-order valence-corrected chi connectivity index (χ1v) is 7.58. The molecule has 1 aliphatic heterocycles. The molecule has 18 heavy (non-hydrogen) atoms. The van der Waals surface area contributed by atoms with Gasteiger partial charge < -0.3 is 10.0 Å². The van der Waals surface area contributed by atoms with Crippen molar-refractivity contribution >= 4 is 15.9 Å². The summed E-state index contributed by atoms with van der Waals surface area (Å²) in [6, 6.07) is 6.30. The van der Waals surface area contributed by atoms with Gasteiger partial charge in [0.2, 0.25) is 0 Å². The highest BCUT2D eigenvalue weighted by atomic mass is 32.2. The topological polar surface area (TPSA) is 74.7 Å². The van der Waals surface area contributed by atoms with Crippen molar-refractivity contribution in [2.45, 2.75) is 23.8 Å². The zero-order valence-electron chi connectivity index (χ0n) is 10.0. The molecule has 1 heterocycles. The predicted molar refractivity (Wildman–Crippen MR) is 66.3 cm³/mol. The van der Waals surface area contributed by atoms with Gasteiger partial charge in [-0.25, -0.2) is 13.2 Å². The average molecular weight is 269 g/mol. The number of rotatable bonds is 2. The SMILES string of the molecule is CS(=O)(=O)c1cccc(C2CCCN2C(=O)O)c1. The predicted octanol–water partition coefficient (Wildman–Crippen LogP) is 1.91. The molecule has 1 aromatic carbocycles. The Hall–Kier alpha value is -1.56. The van der Waals surface area contributed by atoms with Gasteiger partial charge in [0.15, 0.2) is 9.84 Å². The van der Waals surface area contributed by atoms with Crippen LogP contribution in [0.15, 0.2) is 29.2 Å². The van der Waals surface area contributed by atoms with Crippen LogP contribution in [0.1, 0.15) is 24.4 Å². The third-order valence-electron chi connectivity index (χ3n) is 3.17. The molecule has 5 nitrogen and oxygen atoms in total. The summed E-state index contributed by atoms with van der Waals surface area (Å²) in [5.41, 5.74) is 0.748. The smallest absolute Gasteiger partial charge is 0.407 e. The van der Waals surface area contributed by atoms with E-state index in [-0.39, 0.29) is 10.9 Å². The number of benzene rings is 1. The second-order valence-electron chi connectivity index (χ2n) is 4.48. The van der Waals surface area contributed by atoms with E-state index in [4.69, 9.17) is 5.11 Å². The van der Waals surface area contributed by atoms with Crippen molar-refractivity contribution in [3.8, 4) is 0 Å². The molecular formula is C12H15NO4S. The number of likely N-dealkylation sites (tertiary alicyclic amines) is 1. The molecule has 2 rings (SSSR count). The van der Waals surface area contributed by atoms with Crippen LogP contribution in [0.2, 0.25) is 0 Å². The minimum atomic E-state index is -3.26. The summed E-state index contributed by atoms with van der Waals surface area (Å²) in [5, 5.41) is 9.08. The Morgan fingerprint density at radius 2 is 2.17 bits per heavy atom.